The molecule has 2 aromatic rings. The maximum atomic E-state index is 13.7. The Kier molecular flexibility index (Phi) is 5.98. The monoisotopic (exact) mass is 485 g/mol. The maximum absolute atomic E-state index is 13.7. The average Bonchev–Trinajstić information content (AvgIpc) is 3.09. The van der Waals surface area contributed by atoms with Crippen LogP contribution in [0, 0.1) is 11.7 Å². The van der Waals surface area contributed by atoms with E-state index in [1.165, 1.54) is 18.2 Å². The number of phenolic OH excluding ortho intramolecular Hbond substituents is 1. The highest BCUT2D eigenvalue weighted by Gasteiger charge is 2.52. The van der Waals surface area contributed by atoms with Crippen LogP contribution in [0.3, 0.4) is 0 Å². The first-order chi connectivity index (χ1) is 16.4. The van der Waals surface area contributed by atoms with Crippen molar-refractivity contribution in [3.05, 3.63) is 70.7 Å². The van der Waals surface area contributed by atoms with Gasteiger partial charge in [0.25, 0.3) is 5.91 Å². The molecule has 2 aromatic carbocycles. The van der Waals surface area contributed by atoms with E-state index >= 15 is 0 Å². The predicted octanol–water partition coefficient (Wildman–Crippen LogP) is 4.64. The number of fused-ring (bicyclic) bond motifs is 1. The van der Waals surface area contributed by atoms with Gasteiger partial charge in [-0.15, -0.1) is 11.6 Å². The van der Waals surface area contributed by atoms with Crippen molar-refractivity contribution in [1.82, 2.24) is 4.90 Å². The summed E-state index contributed by atoms with van der Waals surface area (Å²) in [5.41, 5.74) is 1.65. The van der Waals surface area contributed by atoms with Crippen molar-refractivity contribution in [2.45, 2.75) is 50.3 Å². The van der Waals surface area contributed by atoms with Gasteiger partial charge in [0.15, 0.2) is 23.0 Å². The van der Waals surface area contributed by atoms with Crippen molar-refractivity contribution >= 4 is 23.3 Å². The number of nitrogens with zero attached hydrogens (tertiary/aromatic N) is 1. The molecular weight excluding hydrogens is 461 g/mol. The predicted molar refractivity (Wildman–Crippen MR) is 123 cm³/mol. The number of phenols is 1. The lowest BCUT2D eigenvalue weighted by Gasteiger charge is -2.37. The second kappa shape index (κ2) is 8.95. The minimum atomic E-state index is -0.725. The fraction of sp³-hybridized carbons (Fsp3) is 0.385. The summed E-state index contributed by atoms with van der Waals surface area (Å²) in [6.45, 7) is 2.31. The third-order valence-electron chi connectivity index (χ3n) is 6.74. The normalized spacial score (nSPS) is 26.3. The molecule has 4 atom stereocenters. The quantitative estimate of drug-likeness (QED) is 0.624. The lowest BCUT2D eigenvalue weighted by molar-refractivity contribution is -0.135. The Morgan fingerprint density at radius 3 is 2.68 bits per heavy atom. The van der Waals surface area contributed by atoms with Gasteiger partial charge in [-0.2, -0.15) is 0 Å². The smallest absolute Gasteiger partial charge is 0.290 e. The van der Waals surface area contributed by atoms with E-state index in [2.05, 4.69) is 0 Å². The molecule has 0 bridgehead atoms. The molecule has 2 aliphatic heterocycles. The summed E-state index contributed by atoms with van der Waals surface area (Å²) in [4.78, 5) is 28.9. The van der Waals surface area contributed by atoms with Crippen LogP contribution in [-0.4, -0.2) is 39.8 Å². The molecule has 0 aromatic heterocycles. The van der Waals surface area contributed by atoms with Gasteiger partial charge in [-0.3, -0.25) is 9.59 Å². The second-order valence-corrected chi connectivity index (χ2v) is 9.52. The van der Waals surface area contributed by atoms with Crippen LogP contribution in [0.15, 0.2) is 53.8 Å². The van der Waals surface area contributed by atoms with Crippen molar-refractivity contribution in [2.24, 2.45) is 5.92 Å². The van der Waals surface area contributed by atoms with Crippen LogP contribution in [0.5, 0.6) is 11.5 Å². The zero-order chi connectivity index (χ0) is 24.0. The highest BCUT2D eigenvalue weighted by atomic mass is 35.5. The summed E-state index contributed by atoms with van der Waals surface area (Å²) >= 11 is 6.37. The van der Waals surface area contributed by atoms with Gasteiger partial charge in [0.1, 0.15) is 11.9 Å². The first kappa shape index (κ1) is 22.7. The molecule has 0 radical (unpaired) electrons. The first-order valence-electron chi connectivity index (χ1n) is 11.5. The third kappa shape index (κ3) is 3.92. The summed E-state index contributed by atoms with van der Waals surface area (Å²) in [5.74, 6) is -0.958. The van der Waals surface area contributed by atoms with Gasteiger partial charge >= 0.3 is 0 Å². The van der Waals surface area contributed by atoms with E-state index < -0.39 is 12.0 Å². The minimum absolute atomic E-state index is 0.0299. The molecule has 1 amide bonds. The Labute approximate surface area is 201 Å². The van der Waals surface area contributed by atoms with Gasteiger partial charge in [-0.25, -0.2) is 4.39 Å². The van der Waals surface area contributed by atoms with E-state index in [9.17, 15) is 19.1 Å². The van der Waals surface area contributed by atoms with Crippen molar-refractivity contribution in [1.29, 1.82) is 0 Å². The molecule has 6 nitrogen and oxygen atoms in total. The van der Waals surface area contributed by atoms with Crippen molar-refractivity contribution in [3.63, 3.8) is 0 Å². The van der Waals surface area contributed by atoms with Gasteiger partial charge in [0, 0.05) is 11.9 Å². The Balaban J connectivity index is 1.59. The summed E-state index contributed by atoms with van der Waals surface area (Å²) in [6.07, 6.45) is 1.48. The van der Waals surface area contributed by atoms with Crippen molar-refractivity contribution in [3.8, 4) is 11.5 Å². The molecule has 0 spiro atoms. The van der Waals surface area contributed by atoms with E-state index in [1.807, 2.05) is 0 Å². The topological polar surface area (TPSA) is 76.1 Å². The van der Waals surface area contributed by atoms with Gasteiger partial charge in [0.2, 0.25) is 0 Å². The second-order valence-electron chi connectivity index (χ2n) is 8.90. The molecule has 8 heteroatoms. The zero-order valence-electron chi connectivity index (χ0n) is 18.7. The molecule has 5 rings (SSSR count). The molecule has 1 aliphatic carbocycles. The largest absolute Gasteiger partial charge is 0.504 e. The molecule has 34 heavy (non-hydrogen) atoms. The Hall–Kier alpha value is -3.06. The molecule has 0 saturated heterocycles. The molecule has 1 fully saturated rings. The number of Topliss-reactive ketones (excluding diaryl/α,β-unsaturated/α-hetero) is 1. The fourth-order valence-electron chi connectivity index (χ4n) is 5.13. The highest BCUT2D eigenvalue weighted by molar-refractivity contribution is 6.21. The van der Waals surface area contributed by atoms with E-state index in [-0.39, 0.29) is 52.8 Å². The molecule has 2 heterocycles. The Bertz CT molecular complexity index is 1160. The first-order valence-corrected chi connectivity index (χ1v) is 11.9. The summed E-state index contributed by atoms with van der Waals surface area (Å²) in [7, 11) is 0. The standard InChI is InChI=1S/C26H25ClFNO5/c1-2-33-21-11-15(5-9-19(21)30)23-22-24(31)18-12-16(27)6-10-20(18)34-25(22)26(32)29(23)13-14-3-7-17(28)8-4-14/h3-5,7-9,11,16,18,20,23,30H,2,6,10,12-13H2,1H3. The summed E-state index contributed by atoms with van der Waals surface area (Å²) in [6, 6.07) is 9.98. The highest BCUT2D eigenvalue weighted by Crippen LogP contribution is 2.48. The van der Waals surface area contributed by atoms with Gasteiger partial charge < -0.3 is 19.5 Å². The number of aromatic hydroxyl groups is 1. The van der Waals surface area contributed by atoms with E-state index in [0.29, 0.717) is 36.1 Å². The number of amides is 1. The van der Waals surface area contributed by atoms with Crippen LogP contribution in [0.25, 0.3) is 0 Å². The fourth-order valence-corrected chi connectivity index (χ4v) is 5.45. The maximum Gasteiger partial charge on any atom is 0.290 e. The van der Waals surface area contributed by atoms with Crippen molar-refractivity contribution < 1.29 is 28.6 Å². The van der Waals surface area contributed by atoms with Crippen LogP contribution < -0.4 is 4.74 Å². The molecule has 3 aliphatic rings. The number of halogens is 2. The molecule has 178 valence electrons. The number of carbonyl (C=O) groups excluding carboxylic acids is 2. The average molecular weight is 486 g/mol. The summed E-state index contributed by atoms with van der Waals surface area (Å²) in [5, 5.41) is 10.1. The molecule has 1 saturated carbocycles. The van der Waals surface area contributed by atoms with Gasteiger partial charge in [0.05, 0.1) is 24.1 Å². The number of benzene rings is 2. The number of ketones is 1. The molecule has 1 N–H and O–H groups in total. The van der Waals surface area contributed by atoms with Gasteiger partial charge in [-0.1, -0.05) is 18.2 Å². The van der Waals surface area contributed by atoms with Crippen LogP contribution in [0.2, 0.25) is 0 Å². The lowest BCUT2D eigenvalue weighted by atomic mass is 9.77. The number of rotatable bonds is 5. The van der Waals surface area contributed by atoms with Crippen LogP contribution in [-0.2, 0) is 20.9 Å². The van der Waals surface area contributed by atoms with Crippen LogP contribution in [0.4, 0.5) is 4.39 Å². The number of alkyl halides is 1. The van der Waals surface area contributed by atoms with Crippen molar-refractivity contribution in [2.75, 3.05) is 6.61 Å². The lowest BCUT2D eigenvalue weighted by Crippen LogP contribution is -2.41. The number of carbonyl (C=O) groups is 2. The SMILES string of the molecule is CCOc1cc(C2C3=C(OC4CCC(Cl)CC4C3=O)C(=O)N2Cc2ccc(F)cc2)ccc1O. The molecular formula is C26H25ClFNO5. The Morgan fingerprint density at radius 1 is 1.18 bits per heavy atom. The Morgan fingerprint density at radius 2 is 1.94 bits per heavy atom. The number of ether oxygens (including phenoxy) is 2. The van der Waals surface area contributed by atoms with Crippen LogP contribution >= 0.6 is 11.6 Å². The van der Waals surface area contributed by atoms with Crippen LogP contribution in [0.1, 0.15) is 43.4 Å². The van der Waals surface area contributed by atoms with E-state index in [4.69, 9.17) is 21.1 Å². The summed E-state index contributed by atoms with van der Waals surface area (Å²) < 4.78 is 25.2. The zero-order valence-corrected chi connectivity index (χ0v) is 19.4. The van der Waals surface area contributed by atoms with Gasteiger partial charge in [-0.05, 0) is 61.6 Å². The van der Waals surface area contributed by atoms with E-state index in [0.717, 1.165) is 6.42 Å². The number of hydrogen-bond acceptors (Lipinski definition) is 5. The molecule has 4 unspecified atom stereocenters. The number of hydrogen-bond donors (Lipinski definition) is 1. The minimum Gasteiger partial charge on any atom is -0.504 e. The third-order valence-corrected chi connectivity index (χ3v) is 7.14. The van der Waals surface area contributed by atoms with E-state index in [1.54, 1.807) is 36.1 Å².